The number of fused-ring (bicyclic) bond motifs is 3. The second kappa shape index (κ2) is 12.6. The Hall–Kier alpha value is -5.31. The molecule has 0 atom stereocenters. The minimum Gasteiger partial charge on any atom is -0.310 e. The third kappa shape index (κ3) is 5.53. The molecule has 46 heavy (non-hydrogen) atoms. The molecule has 0 aromatic heterocycles. The fourth-order valence-electron chi connectivity index (χ4n) is 6.51. The maximum atomic E-state index is 2.43. The van der Waals surface area contributed by atoms with Gasteiger partial charge in [0.05, 0.1) is 5.69 Å². The van der Waals surface area contributed by atoms with Crippen molar-refractivity contribution in [3.05, 3.63) is 182 Å². The highest BCUT2D eigenvalue weighted by atomic mass is 32.2. The Bertz CT molecular complexity index is 2230. The molecule has 1 heterocycles. The van der Waals surface area contributed by atoms with Gasteiger partial charge < -0.3 is 4.90 Å². The Morgan fingerprint density at radius 3 is 2.02 bits per heavy atom. The predicted molar refractivity (Wildman–Crippen MR) is 200 cm³/mol. The molecule has 1 nitrogen and oxygen atoms in total. The molecule has 0 spiro atoms. The van der Waals surface area contributed by atoms with E-state index in [0.717, 1.165) is 29.2 Å². The Labute approximate surface area is 275 Å². The van der Waals surface area contributed by atoms with Crippen molar-refractivity contribution >= 4 is 50.4 Å². The van der Waals surface area contributed by atoms with Gasteiger partial charge in [0.1, 0.15) is 0 Å². The Kier molecular flexibility index (Phi) is 7.71. The highest BCUT2D eigenvalue weighted by Crippen LogP contribution is 2.46. The minimum absolute atomic E-state index is 0.913. The van der Waals surface area contributed by atoms with Crippen LogP contribution in [0.1, 0.15) is 5.56 Å². The summed E-state index contributed by atoms with van der Waals surface area (Å²) in [5, 5.41) is 4.95. The quantitative estimate of drug-likeness (QED) is 0.191. The molecule has 0 bridgehead atoms. The van der Waals surface area contributed by atoms with Crippen molar-refractivity contribution in [2.24, 2.45) is 0 Å². The van der Waals surface area contributed by atoms with E-state index in [-0.39, 0.29) is 0 Å². The van der Waals surface area contributed by atoms with Gasteiger partial charge in [0.15, 0.2) is 0 Å². The van der Waals surface area contributed by atoms with Crippen molar-refractivity contribution in [3.8, 4) is 22.3 Å². The topological polar surface area (TPSA) is 3.24 Å². The summed E-state index contributed by atoms with van der Waals surface area (Å²) in [6.07, 6.45) is 9.75. The SMILES string of the molecule is C1=CCSc2ccc(-c3c(N(c4ccc(-c5ccccc5)cc4)c4ccc5ccccc5c4)ccc4ccccc34)cc2CC=C1. The molecule has 0 unspecified atom stereocenters. The van der Waals surface area contributed by atoms with E-state index in [4.69, 9.17) is 0 Å². The average Bonchev–Trinajstić information content (AvgIpc) is 3.24. The van der Waals surface area contributed by atoms with Crippen LogP contribution in [0.5, 0.6) is 0 Å². The van der Waals surface area contributed by atoms with Gasteiger partial charge in [-0.05, 0) is 92.7 Å². The zero-order valence-electron chi connectivity index (χ0n) is 25.5. The van der Waals surface area contributed by atoms with Crippen LogP contribution in [0.15, 0.2) is 181 Å². The van der Waals surface area contributed by atoms with Crippen LogP contribution in [0.2, 0.25) is 0 Å². The molecule has 0 aliphatic carbocycles. The summed E-state index contributed by atoms with van der Waals surface area (Å²) in [5.74, 6) is 0.977. The van der Waals surface area contributed by atoms with E-state index in [1.54, 1.807) is 0 Å². The lowest BCUT2D eigenvalue weighted by Gasteiger charge is -2.29. The first kappa shape index (κ1) is 28.2. The van der Waals surface area contributed by atoms with Gasteiger partial charge >= 0.3 is 0 Å². The van der Waals surface area contributed by atoms with Gasteiger partial charge in [-0.25, -0.2) is 0 Å². The molecule has 0 radical (unpaired) electrons. The molecule has 0 amide bonds. The highest BCUT2D eigenvalue weighted by molar-refractivity contribution is 7.99. The predicted octanol–water partition coefficient (Wildman–Crippen LogP) is 12.6. The second-order valence-electron chi connectivity index (χ2n) is 11.7. The van der Waals surface area contributed by atoms with Crippen molar-refractivity contribution in [3.63, 3.8) is 0 Å². The van der Waals surface area contributed by atoms with Crippen LogP contribution in [-0.4, -0.2) is 5.75 Å². The lowest BCUT2D eigenvalue weighted by Crippen LogP contribution is -2.11. The molecule has 7 aromatic carbocycles. The lowest BCUT2D eigenvalue weighted by molar-refractivity contribution is 1.18. The Balaban J connectivity index is 1.35. The normalized spacial score (nSPS) is 12.8. The van der Waals surface area contributed by atoms with Crippen molar-refractivity contribution in [2.75, 3.05) is 10.7 Å². The van der Waals surface area contributed by atoms with E-state index >= 15 is 0 Å². The van der Waals surface area contributed by atoms with E-state index in [1.165, 1.54) is 54.3 Å². The summed E-state index contributed by atoms with van der Waals surface area (Å²) in [5.41, 5.74) is 9.69. The van der Waals surface area contributed by atoms with Crippen molar-refractivity contribution in [1.82, 2.24) is 0 Å². The number of thioether (sulfide) groups is 1. The summed E-state index contributed by atoms with van der Waals surface area (Å²) in [6.45, 7) is 0. The van der Waals surface area contributed by atoms with Gasteiger partial charge in [-0.1, -0.05) is 133 Å². The van der Waals surface area contributed by atoms with E-state index in [0.29, 0.717) is 0 Å². The largest absolute Gasteiger partial charge is 0.310 e. The molecule has 2 heteroatoms. The second-order valence-corrected chi connectivity index (χ2v) is 12.7. The number of benzene rings is 7. The lowest BCUT2D eigenvalue weighted by atomic mass is 9.93. The molecule has 1 aliphatic heterocycles. The van der Waals surface area contributed by atoms with E-state index < -0.39 is 0 Å². The van der Waals surface area contributed by atoms with Gasteiger partial charge in [0.25, 0.3) is 0 Å². The first-order valence-corrected chi connectivity index (χ1v) is 16.8. The summed E-state index contributed by atoms with van der Waals surface area (Å²) >= 11 is 1.91. The number of rotatable bonds is 5. The summed E-state index contributed by atoms with van der Waals surface area (Å²) in [4.78, 5) is 3.79. The monoisotopic (exact) mass is 607 g/mol. The van der Waals surface area contributed by atoms with E-state index in [2.05, 4.69) is 181 Å². The molecular weight excluding hydrogens is 575 g/mol. The first-order valence-electron chi connectivity index (χ1n) is 15.9. The van der Waals surface area contributed by atoms with Gasteiger partial charge in [0.2, 0.25) is 0 Å². The van der Waals surface area contributed by atoms with Gasteiger partial charge in [-0.2, -0.15) is 0 Å². The number of hydrogen-bond acceptors (Lipinski definition) is 2. The Morgan fingerprint density at radius 1 is 0.478 bits per heavy atom. The van der Waals surface area contributed by atoms with Gasteiger partial charge in [0, 0.05) is 27.6 Å². The first-order chi connectivity index (χ1) is 22.8. The molecule has 1 aliphatic rings. The minimum atomic E-state index is 0.913. The molecule has 8 rings (SSSR count). The summed E-state index contributed by atoms with van der Waals surface area (Å²) in [7, 11) is 0. The van der Waals surface area contributed by atoms with E-state index in [9.17, 15) is 0 Å². The van der Waals surface area contributed by atoms with Crippen LogP contribution in [0.3, 0.4) is 0 Å². The number of nitrogens with zero attached hydrogens (tertiary/aromatic N) is 1. The number of hydrogen-bond donors (Lipinski definition) is 0. The van der Waals surface area contributed by atoms with Crippen molar-refractivity contribution in [1.29, 1.82) is 0 Å². The fourth-order valence-corrected chi connectivity index (χ4v) is 7.39. The summed E-state index contributed by atoms with van der Waals surface area (Å²) < 4.78 is 0. The zero-order valence-corrected chi connectivity index (χ0v) is 26.3. The van der Waals surface area contributed by atoms with E-state index in [1.807, 2.05) is 11.8 Å². The maximum Gasteiger partial charge on any atom is 0.0546 e. The van der Waals surface area contributed by atoms with Crippen molar-refractivity contribution < 1.29 is 0 Å². The van der Waals surface area contributed by atoms with Gasteiger partial charge in [-0.15, -0.1) is 11.8 Å². The molecule has 0 saturated carbocycles. The molecule has 0 N–H and O–H groups in total. The highest BCUT2D eigenvalue weighted by Gasteiger charge is 2.21. The van der Waals surface area contributed by atoms with Crippen LogP contribution in [-0.2, 0) is 6.42 Å². The molecule has 0 saturated heterocycles. The molecular formula is C44H33NS. The van der Waals surface area contributed by atoms with Crippen LogP contribution in [0.4, 0.5) is 17.1 Å². The fraction of sp³-hybridized carbons (Fsp3) is 0.0455. The standard InChI is InChI=1S/C44H33NS/c1-2-11-29-46-43-28-23-38(30-37(43)17-4-1)44-41-18-10-9-15-35(41)22-27-42(44)45(40-26-21-33-14-7-8-16-36(33)31-40)39-24-19-34(20-25-39)32-12-5-3-6-13-32/h1-16,18-28,30-31H,17,29H2. The van der Waals surface area contributed by atoms with Crippen LogP contribution < -0.4 is 4.90 Å². The number of allylic oxidation sites excluding steroid dienone is 3. The summed E-state index contributed by atoms with van der Waals surface area (Å²) in [6, 6.07) is 55.4. The van der Waals surface area contributed by atoms with Crippen LogP contribution in [0.25, 0.3) is 43.8 Å². The number of anilines is 3. The van der Waals surface area contributed by atoms with Crippen LogP contribution in [0, 0.1) is 0 Å². The van der Waals surface area contributed by atoms with Crippen LogP contribution >= 0.6 is 11.8 Å². The third-order valence-electron chi connectivity index (χ3n) is 8.78. The average molecular weight is 608 g/mol. The smallest absolute Gasteiger partial charge is 0.0546 e. The Morgan fingerprint density at radius 2 is 1.15 bits per heavy atom. The molecule has 7 aromatic rings. The zero-order chi connectivity index (χ0) is 30.7. The third-order valence-corrected chi connectivity index (χ3v) is 9.85. The van der Waals surface area contributed by atoms with Gasteiger partial charge in [-0.3, -0.25) is 0 Å². The molecule has 220 valence electrons. The molecule has 0 fully saturated rings. The van der Waals surface area contributed by atoms with Crippen molar-refractivity contribution in [2.45, 2.75) is 11.3 Å². The maximum absolute atomic E-state index is 2.43.